The van der Waals surface area contributed by atoms with Crippen LogP contribution in [0.15, 0.2) is 59.4 Å². The highest BCUT2D eigenvalue weighted by Crippen LogP contribution is 2.07. The highest BCUT2D eigenvalue weighted by molar-refractivity contribution is 5.54. The van der Waals surface area contributed by atoms with Gasteiger partial charge >= 0.3 is 0 Å². The SMILES string of the molecule is C=c1[nH]n(-c2ccccc2)c(=O)/c1=C\Nc1ccc(F)cc1. The van der Waals surface area contributed by atoms with Gasteiger partial charge in [0.15, 0.2) is 0 Å². The second kappa shape index (κ2) is 5.73. The van der Waals surface area contributed by atoms with Crippen LogP contribution < -0.4 is 21.4 Å². The van der Waals surface area contributed by atoms with Gasteiger partial charge in [-0.3, -0.25) is 9.89 Å². The van der Waals surface area contributed by atoms with Gasteiger partial charge in [0, 0.05) is 11.9 Å². The highest BCUT2D eigenvalue weighted by atomic mass is 19.1. The third kappa shape index (κ3) is 2.69. The number of anilines is 1. The van der Waals surface area contributed by atoms with Gasteiger partial charge in [0.05, 0.1) is 16.3 Å². The van der Waals surface area contributed by atoms with E-state index >= 15 is 0 Å². The monoisotopic (exact) mass is 295 g/mol. The fourth-order valence-corrected chi connectivity index (χ4v) is 2.10. The van der Waals surface area contributed by atoms with Crippen molar-refractivity contribution in [2.75, 3.05) is 5.32 Å². The molecule has 22 heavy (non-hydrogen) atoms. The zero-order valence-electron chi connectivity index (χ0n) is 11.7. The summed E-state index contributed by atoms with van der Waals surface area (Å²) in [4.78, 5) is 12.4. The summed E-state index contributed by atoms with van der Waals surface area (Å²) in [6.45, 7) is 3.85. The molecule has 0 amide bonds. The number of H-pyrrole nitrogens is 1. The summed E-state index contributed by atoms with van der Waals surface area (Å²) in [6, 6.07) is 15.1. The number of benzene rings is 2. The second-order valence-corrected chi connectivity index (χ2v) is 4.78. The summed E-state index contributed by atoms with van der Waals surface area (Å²) < 4.78 is 14.3. The number of nitrogens with one attached hydrogen (secondary N) is 2. The first-order valence-corrected chi connectivity index (χ1v) is 6.73. The topological polar surface area (TPSA) is 49.8 Å². The van der Waals surface area contributed by atoms with Crippen molar-refractivity contribution in [2.24, 2.45) is 0 Å². The third-order valence-corrected chi connectivity index (χ3v) is 3.25. The average Bonchev–Trinajstić information content (AvgIpc) is 2.82. The lowest BCUT2D eigenvalue weighted by Crippen LogP contribution is -2.34. The van der Waals surface area contributed by atoms with Crippen LogP contribution in [0.1, 0.15) is 0 Å². The van der Waals surface area contributed by atoms with Crippen molar-refractivity contribution in [1.29, 1.82) is 0 Å². The van der Waals surface area contributed by atoms with Gasteiger partial charge < -0.3 is 5.32 Å². The molecular weight excluding hydrogens is 281 g/mol. The summed E-state index contributed by atoms with van der Waals surface area (Å²) >= 11 is 0. The fourth-order valence-electron chi connectivity index (χ4n) is 2.10. The molecule has 1 heterocycles. The van der Waals surface area contributed by atoms with E-state index in [0.29, 0.717) is 16.3 Å². The van der Waals surface area contributed by atoms with E-state index in [2.05, 4.69) is 17.0 Å². The van der Waals surface area contributed by atoms with Gasteiger partial charge in [0.2, 0.25) is 0 Å². The van der Waals surface area contributed by atoms with Gasteiger partial charge in [0.25, 0.3) is 5.56 Å². The van der Waals surface area contributed by atoms with Crippen LogP contribution in [0.3, 0.4) is 0 Å². The molecule has 5 heteroatoms. The number of nitrogens with zero attached hydrogens (tertiary/aromatic N) is 1. The number of aromatic amines is 1. The molecule has 0 atom stereocenters. The summed E-state index contributed by atoms with van der Waals surface area (Å²) in [6.07, 6.45) is 1.56. The lowest BCUT2D eigenvalue weighted by molar-refractivity contribution is 0.628. The maximum atomic E-state index is 12.9. The third-order valence-electron chi connectivity index (χ3n) is 3.25. The van der Waals surface area contributed by atoms with E-state index in [4.69, 9.17) is 0 Å². The number of hydrogen-bond donors (Lipinski definition) is 2. The molecule has 0 spiro atoms. The fraction of sp³-hybridized carbons (Fsp3) is 0. The molecule has 0 bridgehead atoms. The van der Waals surface area contributed by atoms with Crippen LogP contribution in [0.5, 0.6) is 0 Å². The molecule has 0 aliphatic rings. The molecule has 110 valence electrons. The molecule has 3 rings (SSSR count). The highest BCUT2D eigenvalue weighted by Gasteiger charge is 2.03. The van der Waals surface area contributed by atoms with Crippen molar-refractivity contribution >= 4 is 18.5 Å². The van der Waals surface area contributed by atoms with E-state index in [1.165, 1.54) is 16.8 Å². The molecule has 1 aromatic heterocycles. The Bertz CT molecular complexity index is 940. The van der Waals surface area contributed by atoms with Crippen LogP contribution in [0.2, 0.25) is 0 Å². The predicted molar refractivity (Wildman–Crippen MR) is 85.6 cm³/mol. The van der Waals surface area contributed by atoms with Crippen molar-refractivity contribution in [2.45, 2.75) is 0 Å². The van der Waals surface area contributed by atoms with Gasteiger partial charge in [-0.05, 0) is 36.4 Å². The molecule has 3 aromatic rings. The molecule has 0 radical (unpaired) electrons. The van der Waals surface area contributed by atoms with Crippen molar-refractivity contribution < 1.29 is 4.39 Å². The number of rotatable bonds is 3. The maximum Gasteiger partial charge on any atom is 0.280 e. The van der Waals surface area contributed by atoms with E-state index in [-0.39, 0.29) is 11.4 Å². The first-order chi connectivity index (χ1) is 10.6. The zero-order chi connectivity index (χ0) is 15.5. The van der Waals surface area contributed by atoms with E-state index in [0.717, 1.165) is 5.69 Å². The van der Waals surface area contributed by atoms with Crippen LogP contribution in [0.4, 0.5) is 10.1 Å². The van der Waals surface area contributed by atoms with Crippen molar-refractivity contribution in [3.05, 3.63) is 81.3 Å². The molecule has 0 saturated heterocycles. The molecule has 0 unspecified atom stereocenters. The lowest BCUT2D eigenvalue weighted by atomic mass is 10.3. The molecule has 0 saturated carbocycles. The largest absolute Gasteiger partial charge is 0.361 e. The van der Waals surface area contributed by atoms with Crippen LogP contribution in [0.25, 0.3) is 18.5 Å². The predicted octanol–water partition coefficient (Wildman–Crippen LogP) is 1.57. The van der Waals surface area contributed by atoms with E-state index in [1.807, 2.05) is 30.3 Å². The smallest absolute Gasteiger partial charge is 0.280 e. The van der Waals surface area contributed by atoms with Crippen LogP contribution in [0, 0.1) is 5.82 Å². The van der Waals surface area contributed by atoms with Crippen molar-refractivity contribution in [3.8, 4) is 5.69 Å². The first-order valence-electron chi connectivity index (χ1n) is 6.73. The summed E-state index contributed by atoms with van der Waals surface area (Å²) in [5.74, 6) is -0.309. The van der Waals surface area contributed by atoms with Crippen LogP contribution >= 0.6 is 0 Å². The van der Waals surface area contributed by atoms with Crippen molar-refractivity contribution in [1.82, 2.24) is 9.78 Å². The number of hydrogen-bond acceptors (Lipinski definition) is 2. The first kappa shape index (κ1) is 13.9. The Hall–Kier alpha value is -3.08. The molecule has 0 aliphatic heterocycles. The van der Waals surface area contributed by atoms with Crippen LogP contribution in [-0.4, -0.2) is 9.78 Å². The lowest BCUT2D eigenvalue weighted by Gasteiger charge is -1.99. The second-order valence-electron chi connectivity index (χ2n) is 4.78. The van der Waals surface area contributed by atoms with Crippen LogP contribution in [-0.2, 0) is 0 Å². The Morgan fingerprint density at radius 2 is 1.77 bits per heavy atom. The summed E-state index contributed by atoms with van der Waals surface area (Å²) in [5.41, 5.74) is 1.22. The summed E-state index contributed by atoms with van der Waals surface area (Å²) in [7, 11) is 0. The Morgan fingerprint density at radius 3 is 2.45 bits per heavy atom. The van der Waals surface area contributed by atoms with Gasteiger partial charge in [0.1, 0.15) is 5.82 Å². The minimum Gasteiger partial charge on any atom is -0.361 e. The van der Waals surface area contributed by atoms with Crippen molar-refractivity contribution in [3.63, 3.8) is 0 Å². The van der Waals surface area contributed by atoms with Gasteiger partial charge in [-0.25, -0.2) is 9.07 Å². The Labute approximate surface area is 125 Å². The normalized spacial score (nSPS) is 11.6. The Balaban J connectivity index is 2.00. The molecule has 4 nitrogen and oxygen atoms in total. The van der Waals surface area contributed by atoms with E-state index < -0.39 is 0 Å². The molecule has 2 N–H and O–H groups in total. The van der Waals surface area contributed by atoms with E-state index in [9.17, 15) is 9.18 Å². The minimum absolute atomic E-state index is 0.203. The van der Waals surface area contributed by atoms with Gasteiger partial charge in [-0.15, -0.1) is 0 Å². The quantitative estimate of drug-likeness (QED) is 0.770. The average molecular weight is 295 g/mol. The molecule has 2 aromatic carbocycles. The minimum atomic E-state index is -0.309. The molecule has 0 fully saturated rings. The van der Waals surface area contributed by atoms with Gasteiger partial charge in [-0.2, -0.15) is 0 Å². The number of halogens is 1. The summed E-state index contributed by atoms with van der Waals surface area (Å²) in [5, 5.41) is 6.83. The number of para-hydroxylation sites is 1. The Kier molecular flexibility index (Phi) is 3.62. The maximum absolute atomic E-state index is 12.9. The molecule has 0 aliphatic carbocycles. The van der Waals surface area contributed by atoms with Gasteiger partial charge in [-0.1, -0.05) is 24.8 Å². The molecular formula is C17H14FN3O. The standard InChI is InChI=1S/C17H14FN3O/c1-12-16(11-19-14-9-7-13(18)8-10-14)17(22)21(20-12)15-5-3-2-4-6-15/h2-11,19-20H,1H2/b16-11-. The zero-order valence-corrected chi connectivity index (χ0v) is 11.7. The van der Waals surface area contributed by atoms with E-state index in [1.54, 1.807) is 18.3 Å². The Morgan fingerprint density at radius 1 is 1.09 bits per heavy atom. The number of aromatic nitrogens is 2.